The molecule has 14 heavy (non-hydrogen) atoms. The van der Waals surface area contributed by atoms with Crippen molar-refractivity contribution >= 4 is 11.9 Å². The van der Waals surface area contributed by atoms with Crippen LogP contribution >= 0.6 is 0 Å². The van der Waals surface area contributed by atoms with Gasteiger partial charge in [-0.3, -0.25) is 9.79 Å². The Balaban J connectivity index is 2.67. The first-order valence-electron chi connectivity index (χ1n) is 4.82. The van der Waals surface area contributed by atoms with Crippen LogP contribution in [-0.2, 0) is 4.79 Å². The number of carbonyl (C=O) groups excluding carboxylic acids is 1. The highest BCUT2D eigenvalue weighted by atomic mass is 16.2. The van der Waals surface area contributed by atoms with E-state index >= 15 is 0 Å². The number of carbonyl (C=O) groups is 1. The van der Waals surface area contributed by atoms with Crippen molar-refractivity contribution in [3.8, 4) is 0 Å². The third-order valence-corrected chi connectivity index (χ3v) is 2.41. The van der Waals surface area contributed by atoms with Gasteiger partial charge in [0.15, 0.2) is 5.96 Å². The van der Waals surface area contributed by atoms with Gasteiger partial charge < -0.3 is 15.1 Å². The summed E-state index contributed by atoms with van der Waals surface area (Å²) < 4.78 is 0. The SMILES string of the molecule is CN=C(NC)N1CCCN(C)C(=O)C1. The predicted octanol–water partition coefficient (Wildman–Crippen LogP) is -0.644. The average Bonchev–Trinajstić information content (AvgIpc) is 2.32. The summed E-state index contributed by atoms with van der Waals surface area (Å²) in [5.41, 5.74) is 0. The molecule has 5 heteroatoms. The summed E-state index contributed by atoms with van der Waals surface area (Å²) in [7, 11) is 5.39. The maximum Gasteiger partial charge on any atom is 0.241 e. The van der Waals surface area contributed by atoms with E-state index in [0.717, 1.165) is 25.5 Å². The Morgan fingerprint density at radius 2 is 2.21 bits per heavy atom. The fourth-order valence-corrected chi connectivity index (χ4v) is 1.58. The Morgan fingerprint density at radius 1 is 1.50 bits per heavy atom. The molecule has 1 rings (SSSR count). The summed E-state index contributed by atoms with van der Waals surface area (Å²) >= 11 is 0. The first-order valence-corrected chi connectivity index (χ1v) is 4.82. The highest BCUT2D eigenvalue weighted by Crippen LogP contribution is 2.02. The van der Waals surface area contributed by atoms with Crippen LogP contribution in [0, 0.1) is 0 Å². The van der Waals surface area contributed by atoms with Crippen molar-refractivity contribution in [1.29, 1.82) is 0 Å². The van der Waals surface area contributed by atoms with Crippen LogP contribution in [0.25, 0.3) is 0 Å². The standard InChI is InChI=1S/C9H18N4O/c1-10-9(11-2)13-6-4-5-12(3)8(14)7-13/h4-7H2,1-3H3,(H,10,11). The minimum absolute atomic E-state index is 0.152. The zero-order valence-corrected chi connectivity index (χ0v) is 9.08. The summed E-state index contributed by atoms with van der Waals surface area (Å²) in [6.45, 7) is 2.13. The van der Waals surface area contributed by atoms with E-state index in [0.29, 0.717) is 6.54 Å². The molecule has 0 aromatic heterocycles. The zero-order chi connectivity index (χ0) is 10.6. The molecule has 0 saturated carbocycles. The summed E-state index contributed by atoms with van der Waals surface area (Å²) in [5, 5.41) is 2.99. The molecule has 1 N–H and O–H groups in total. The van der Waals surface area contributed by atoms with Crippen LogP contribution in [0.5, 0.6) is 0 Å². The summed E-state index contributed by atoms with van der Waals surface area (Å²) in [6, 6.07) is 0. The second kappa shape index (κ2) is 4.83. The normalized spacial score (nSPS) is 19.6. The largest absolute Gasteiger partial charge is 0.359 e. The quantitative estimate of drug-likeness (QED) is 0.416. The number of hydrogen-bond acceptors (Lipinski definition) is 2. The van der Waals surface area contributed by atoms with Crippen molar-refractivity contribution in [2.75, 3.05) is 40.8 Å². The van der Waals surface area contributed by atoms with Crippen molar-refractivity contribution in [2.24, 2.45) is 4.99 Å². The predicted molar refractivity (Wildman–Crippen MR) is 56.2 cm³/mol. The number of hydrogen-bond donors (Lipinski definition) is 1. The van der Waals surface area contributed by atoms with E-state index < -0.39 is 0 Å². The number of nitrogens with zero attached hydrogens (tertiary/aromatic N) is 3. The molecule has 1 amide bonds. The van der Waals surface area contributed by atoms with Gasteiger partial charge in [-0.25, -0.2) is 0 Å². The van der Waals surface area contributed by atoms with Gasteiger partial charge in [-0.2, -0.15) is 0 Å². The van der Waals surface area contributed by atoms with Gasteiger partial charge in [0.25, 0.3) is 0 Å². The fourth-order valence-electron chi connectivity index (χ4n) is 1.58. The zero-order valence-electron chi connectivity index (χ0n) is 9.08. The molecular weight excluding hydrogens is 180 g/mol. The second-order valence-electron chi connectivity index (χ2n) is 3.39. The molecule has 0 radical (unpaired) electrons. The number of likely N-dealkylation sites (N-methyl/N-ethyl adjacent to an activating group) is 1. The highest BCUT2D eigenvalue weighted by molar-refractivity contribution is 5.86. The first-order chi connectivity index (χ1) is 6.69. The van der Waals surface area contributed by atoms with Crippen molar-refractivity contribution in [2.45, 2.75) is 6.42 Å². The monoisotopic (exact) mass is 198 g/mol. The van der Waals surface area contributed by atoms with Crippen molar-refractivity contribution in [1.82, 2.24) is 15.1 Å². The number of amides is 1. The Hall–Kier alpha value is -1.26. The summed E-state index contributed by atoms with van der Waals surface area (Å²) in [5.74, 6) is 0.938. The summed E-state index contributed by atoms with van der Waals surface area (Å²) in [4.78, 5) is 19.4. The minimum atomic E-state index is 0.152. The number of nitrogens with one attached hydrogen (secondary N) is 1. The van der Waals surface area contributed by atoms with Crippen LogP contribution in [0.2, 0.25) is 0 Å². The molecular formula is C9H18N4O. The second-order valence-corrected chi connectivity index (χ2v) is 3.39. The molecule has 0 aliphatic carbocycles. The van der Waals surface area contributed by atoms with Gasteiger partial charge in [-0.1, -0.05) is 0 Å². The molecule has 0 spiro atoms. The van der Waals surface area contributed by atoms with Crippen LogP contribution in [0.3, 0.4) is 0 Å². The molecule has 0 unspecified atom stereocenters. The smallest absolute Gasteiger partial charge is 0.241 e. The molecule has 1 fully saturated rings. The lowest BCUT2D eigenvalue weighted by Crippen LogP contribution is -2.43. The van der Waals surface area contributed by atoms with Crippen LogP contribution < -0.4 is 5.32 Å². The Labute approximate surface area is 84.8 Å². The Kier molecular flexibility index (Phi) is 3.73. The van der Waals surface area contributed by atoms with Gasteiger partial charge in [0.1, 0.15) is 0 Å². The van der Waals surface area contributed by atoms with Crippen molar-refractivity contribution in [3.63, 3.8) is 0 Å². The van der Waals surface area contributed by atoms with Gasteiger partial charge in [0, 0.05) is 34.2 Å². The molecule has 0 atom stereocenters. The van der Waals surface area contributed by atoms with Crippen molar-refractivity contribution in [3.05, 3.63) is 0 Å². The van der Waals surface area contributed by atoms with Crippen LogP contribution in [0.4, 0.5) is 0 Å². The fraction of sp³-hybridized carbons (Fsp3) is 0.778. The van der Waals surface area contributed by atoms with E-state index in [1.165, 1.54) is 0 Å². The molecule has 1 aliphatic rings. The molecule has 0 aromatic rings. The van der Waals surface area contributed by atoms with E-state index in [1.54, 1.807) is 11.9 Å². The van der Waals surface area contributed by atoms with Crippen LogP contribution in [-0.4, -0.2) is 62.4 Å². The molecule has 1 heterocycles. The number of guanidine groups is 1. The van der Waals surface area contributed by atoms with Crippen LogP contribution in [0.15, 0.2) is 4.99 Å². The van der Waals surface area contributed by atoms with Gasteiger partial charge in [0.05, 0.1) is 6.54 Å². The first kappa shape index (κ1) is 10.8. The highest BCUT2D eigenvalue weighted by Gasteiger charge is 2.20. The topological polar surface area (TPSA) is 47.9 Å². The van der Waals surface area contributed by atoms with E-state index in [1.807, 2.05) is 19.0 Å². The van der Waals surface area contributed by atoms with Gasteiger partial charge in [-0.15, -0.1) is 0 Å². The van der Waals surface area contributed by atoms with E-state index in [-0.39, 0.29) is 5.91 Å². The molecule has 80 valence electrons. The van der Waals surface area contributed by atoms with Gasteiger partial charge >= 0.3 is 0 Å². The van der Waals surface area contributed by atoms with E-state index in [4.69, 9.17) is 0 Å². The maximum atomic E-state index is 11.6. The molecule has 0 bridgehead atoms. The lowest BCUT2D eigenvalue weighted by molar-refractivity contribution is -0.129. The maximum absolute atomic E-state index is 11.6. The third kappa shape index (κ3) is 2.37. The van der Waals surface area contributed by atoms with Gasteiger partial charge in [0.2, 0.25) is 5.91 Å². The van der Waals surface area contributed by atoms with E-state index in [2.05, 4.69) is 10.3 Å². The molecule has 1 saturated heterocycles. The third-order valence-electron chi connectivity index (χ3n) is 2.41. The lowest BCUT2D eigenvalue weighted by Gasteiger charge is -2.22. The Morgan fingerprint density at radius 3 is 2.79 bits per heavy atom. The molecule has 0 aromatic carbocycles. The minimum Gasteiger partial charge on any atom is -0.359 e. The van der Waals surface area contributed by atoms with E-state index in [9.17, 15) is 4.79 Å². The number of aliphatic imine (C=N–C) groups is 1. The summed E-state index contributed by atoms with van der Waals surface area (Å²) in [6.07, 6.45) is 0.989. The van der Waals surface area contributed by atoms with Gasteiger partial charge in [-0.05, 0) is 6.42 Å². The van der Waals surface area contributed by atoms with Crippen molar-refractivity contribution < 1.29 is 4.79 Å². The Bertz CT molecular complexity index is 239. The number of rotatable bonds is 0. The lowest BCUT2D eigenvalue weighted by atomic mass is 10.4. The molecule has 1 aliphatic heterocycles. The molecule has 5 nitrogen and oxygen atoms in total. The van der Waals surface area contributed by atoms with Crippen LogP contribution in [0.1, 0.15) is 6.42 Å². The average molecular weight is 198 g/mol.